The summed E-state index contributed by atoms with van der Waals surface area (Å²) in [6.45, 7) is 1.28. The summed E-state index contributed by atoms with van der Waals surface area (Å²) in [5.74, 6) is 6.05. The quantitative estimate of drug-likeness (QED) is 0.437. The third kappa shape index (κ3) is 4.72. The van der Waals surface area contributed by atoms with Gasteiger partial charge in [-0.3, -0.25) is 9.63 Å². The lowest BCUT2D eigenvalue weighted by Crippen LogP contribution is -2.24. The van der Waals surface area contributed by atoms with Crippen LogP contribution in [-0.4, -0.2) is 30.4 Å². The van der Waals surface area contributed by atoms with Gasteiger partial charge in [-0.1, -0.05) is 6.92 Å². The minimum absolute atomic E-state index is 0.0628. The van der Waals surface area contributed by atoms with Gasteiger partial charge in [-0.05, 0) is 0 Å². The third-order valence-corrected chi connectivity index (χ3v) is 1.09. The molecular weight excluding hydrogens is 150 g/mol. The molecule has 0 aliphatic heterocycles. The Bertz CT molecular complexity index is 113. The van der Waals surface area contributed by atoms with Crippen molar-refractivity contribution in [3.63, 3.8) is 0 Å². The third-order valence-electron chi connectivity index (χ3n) is 1.09. The molecule has 0 aliphatic rings. The number of hydrogen-bond acceptors (Lipinski definition) is 4. The largest absolute Gasteiger partial charge is 0.463 e. The lowest BCUT2D eigenvalue weighted by atomic mass is 10.4. The number of carbonyl (C=O) groups excluding carboxylic acids is 1. The first-order valence-electron chi connectivity index (χ1n) is 3.33. The summed E-state index contributed by atoms with van der Waals surface area (Å²) in [6, 6.07) is 0. The summed E-state index contributed by atoms with van der Waals surface area (Å²) in [7, 11) is 0. The van der Waals surface area contributed by atoms with Crippen LogP contribution < -0.4 is 5.90 Å². The summed E-state index contributed by atoms with van der Waals surface area (Å²) < 4.78 is 4.59. The molecule has 0 aromatic rings. The molecule has 1 atom stereocenters. The number of esters is 1. The highest BCUT2D eigenvalue weighted by Gasteiger charge is 2.08. The summed E-state index contributed by atoms with van der Waals surface area (Å²) in [4.78, 5) is 14.5. The number of carbonyl (C=O) groups is 1. The Balaban J connectivity index is 3.42. The zero-order valence-electron chi connectivity index (χ0n) is 6.37. The molecule has 1 radical (unpaired) electrons. The van der Waals surface area contributed by atoms with Crippen LogP contribution in [0.4, 0.5) is 0 Å². The van der Waals surface area contributed by atoms with Gasteiger partial charge in [0.15, 0.2) is 0 Å². The van der Waals surface area contributed by atoms with Crippen molar-refractivity contribution < 1.29 is 19.5 Å². The van der Waals surface area contributed by atoms with Crippen LogP contribution in [0.5, 0.6) is 0 Å². The fourth-order valence-electron chi connectivity index (χ4n) is 0.412. The van der Waals surface area contributed by atoms with Crippen molar-refractivity contribution >= 4 is 5.97 Å². The lowest BCUT2D eigenvalue weighted by molar-refractivity contribution is -0.149. The molecule has 5 nitrogen and oxygen atoms in total. The van der Waals surface area contributed by atoms with E-state index < -0.39 is 6.10 Å². The van der Waals surface area contributed by atoms with Gasteiger partial charge in [-0.2, -0.15) is 0 Å². The van der Waals surface area contributed by atoms with E-state index in [0.717, 1.165) is 0 Å². The Labute approximate surface area is 65.0 Å². The van der Waals surface area contributed by atoms with E-state index in [9.17, 15) is 4.79 Å². The van der Waals surface area contributed by atoms with Crippen LogP contribution in [0.15, 0.2) is 0 Å². The Morgan fingerprint density at radius 3 is 2.73 bits per heavy atom. The first-order valence-corrected chi connectivity index (χ1v) is 3.33. The maximum absolute atomic E-state index is 10.5. The van der Waals surface area contributed by atoms with Gasteiger partial charge in [-0.15, -0.1) is 5.90 Å². The highest BCUT2D eigenvalue weighted by Crippen LogP contribution is 1.91. The maximum atomic E-state index is 10.5. The minimum Gasteiger partial charge on any atom is -0.463 e. The molecule has 1 unspecified atom stereocenters. The first kappa shape index (κ1) is 10.3. The van der Waals surface area contributed by atoms with Crippen molar-refractivity contribution in [2.24, 2.45) is 0 Å². The van der Waals surface area contributed by atoms with E-state index in [1.165, 1.54) is 0 Å². The van der Waals surface area contributed by atoms with Crippen molar-refractivity contribution in [1.29, 1.82) is 0 Å². The fraction of sp³-hybridized carbons (Fsp3) is 0.833. The molecule has 0 aromatic heterocycles. The van der Waals surface area contributed by atoms with Crippen LogP contribution in [0.1, 0.15) is 13.3 Å². The van der Waals surface area contributed by atoms with Gasteiger partial charge in [0.1, 0.15) is 12.7 Å². The smallest absolute Gasteiger partial charge is 0.305 e. The van der Waals surface area contributed by atoms with E-state index in [4.69, 9.17) is 11.0 Å². The van der Waals surface area contributed by atoms with Gasteiger partial charge in [-0.25, -0.2) is 0 Å². The Hall–Kier alpha value is -0.650. The summed E-state index contributed by atoms with van der Waals surface area (Å²) in [5, 5.41) is 8.48. The SMILES string of the molecule is CCC(=O)OCC(CO)O[NH]. The van der Waals surface area contributed by atoms with Gasteiger partial charge < -0.3 is 9.84 Å². The molecule has 65 valence electrons. The van der Waals surface area contributed by atoms with Crippen LogP contribution in [0.2, 0.25) is 0 Å². The zero-order valence-corrected chi connectivity index (χ0v) is 6.37. The second-order valence-corrected chi connectivity index (χ2v) is 1.96. The lowest BCUT2D eigenvalue weighted by Gasteiger charge is -2.09. The van der Waals surface area contributed by atoms with Crippen molar-refractivity contribution in [2.75, 3.05) is 13.2 Å². The second kappa shape index (κ2) is 6.09. The Morgan fingerprint density at radius 2 is 2.36 bits per heavy atom. The van der Waals surface area contributed by atoms with E-state index in [0.29, 0.717) is 0 Å². The van der Waals surface area contributed by atoms with Crippen LogP contribution in [0.25, 0.3) is 0 Å². The number of hydrogen-bond donors (Lipinski definition) is 1. The molecule has 0 rings (SSSR count). The van der Waals surface area contributed by atoms with E-state index in [2.05, 4.69) is 9.57 Å². The molecular formula is C6H12NO4. The van der Waals surface area contributed by atoms with Crippen molar-refractivity contribution in [1.82, 2.24) is 5.90 Å². The molecule has 0 fully saturated rings. The van der Waals surface area contributed by atoms with Gasteiger partial charge in [0.2, 0.25) is 0 Å². The second-order valence-electron chi connectivity index (χ2n) is 1.96. The minimum atomic E-state index is -0.731. The molecule has 11 heavy (non-hydrogen) atoms. The summed E-state index contributed by atoms with van der Waals surface area (Å²) in [5.41, 5.74) is 0. The summed E-state index contributed by atoms with van der Waals surface area (Å²) >= 11 is 0. The molecule has 5 heteroatoms. The predicted molar refractivity (Wildman–Crippen MR) is 36.3 cm³/mol. The van der Waals surface area contributed by atoms with Crippen LogP contribution in [-0.2, 0) is 14.4 Å². The highest BCUT2D eigenvalue weighted by atomic mass is 16.6. The highest BCUT2D eigenvalue weighted by molar-refractivity contribution is 5.68. The zero-order chi connectivity index (χ0) is 8.69. The standard InChI is InChI=1S/C6H12NO4/c1-2-6(9)10-4-5(3-8)11-7/h5,7-8H,2-4H2,1H3. The summed E-state index contributed by atoms with van der Waals surface area (Å²) in [6.07, 6.45) is -0.443. The van der Waals surface area contributed by atoms with Crippen molar-refractivity contribution in [2.45, 2.75) is 19.4 Å². The fourth-order valence-corrected chi connectivity index (χ4v) is 0.412. The van der Waals surface area contributed by atoms with E-state index >= 15 is 0 Å². The maximum Gasteiger partial charge on any atom is 0.305 e. The molecule has 0 aromatic carbocycles. The van der Waals surface area contributed by atoms with Crippen LogP contribution >= 0.6 is 0 Å². The molecule has 0 aliphatic carbocycles. The Kier molecular flexibility index (Phi) is 5.73. The van der Waals surface area contributed by atoms with Crippen molar-refractivity contribution in [3.05, 3.63) is 0 Å². The molecule has 0 saturated heterocycles. The van der Waals surface area contributed by atoms with E-state index in [1.807, 2.05) is 0 Å². The topological polar surface area (TPSA) is 79.6 Å². The van der Waals surface area contributed by atoms with Gasteiger partial charge in [0.05, 0.1) is 6.61 Å². The number of rotatable bonds is 5. The van der Waals surface area contributed by atoms with Crippen LogP contribution in [0, 0.1) is 0 Å². The molecule has 0 spiro atoms. The molecule has 0 heterocycles. The molecule has 0 bridgehead atoms. The number of aliphatic hydroxyl groups excluding tert-OH is 1. The molecule has 0 amide bonds. The molecule has 2 N–H and O–H groups in total. The van der Waals surface area contributed by atoms with Gasteiger partial charge >= 0.3 is 5.97 Å². The van der Waals surface area contributed by atoms with E-state index in [-0.39, 0.29) is 25.6 Å². The van der Waals surface area contributed by atoms with Gasteiger partial charge in [0, 0.05) is 6.42 Å². The average Bonchev–Trinajstić information content (AvgIpc) is 2.06. The Morgan fingerprint density at radius 1 is 1.73 bits per heavy atom. The van der Waals surface area contributed by atoms with Crippen molar-refractivity contribution in [3.8, 4) is 0 Å². The molecule has 0 saturated carbocycles. The monoisotopic (exact) mass is 162 g/mol. The van der Waals surface area contributed by atoms with E-state index in [1.54, 1.807) is 6.92 Å². The first-order chi connectivity index (χ1) is 5.24. The average molecular weight is 162 g/mol. The number of ether oxygens (including phenoxy) is 1. The number of aliphatic hydroxyl groups is 1. The predicted octanol–water partition coefficient (Wildman–Crippen LogP) is -0.485. The van der Waals surface area contributed by atoms with Crippen LogP contribution in [0.3, 0.4) is 0 Å². The van der Waals surface area contributed by atoms with Gasteiger partial charge in [0.25, 0.3) is 0 Å². The number of nitrogens with one attached hydrogen (secondary N) is 1. The normalized spacial score (nSPS) is 12.6.